The first-order chi connectivity index (χ1) is 15.0. The summed E-state index contributed by atoms with van der Waals surface area (Å²) in [5.41, 5.74) is 2.85. The predicted octanol–water partition coefficient (Wildman–Crippen LogP) is 7.12. The van der Waals surface area contributed by atoms with Crippen molar-refractivity contribution in [1.29, 1.82) is 0 Å². The van der Waals surface area contributed by atoms with Crippen LogP contribution in [0.25, 0.3) is 17.1 Å². The zero-order valence-electron chi connectivity index (χ0n) is 17.3. The molecule has 0 spiro atoms. The molecule has 1 aliphatic carbocycles. The fourth-order valence-electron chi connectivity index (χ4n) is 4.18. The number of aromatic nitrogens is 2. The monoisotopic (exact) mass is 475 g/mol. The topological polar surface area (TPSA) is 46.9 Å². The number of halogens is 3. The molecule has 162 valence electrons. The van der Waals surface area contributed by atoms with Crippen LogP contribution in [0, 0.1) is 0 Å². The smallest absolute Gasteiger partial charge is 0.272 e. The molecule has 4 nitrogen and oxygen atoms in total. The Morgan fingerprint density at radius 2 is 1.71 bits per heavy atom. The highest BCUT2D eigenvalue weighted by atomic mass is 35.5. The minimum absolute atomic E-state index is 0.136. The first-order valence-electron chi connectivity index (χ1n) is 10.6. The van der Waals surface area contributed by atoms with Gasteiger partial charge in [-0.2, -0.15) is 0 Å². The Hall–Kier alpha value is -2.01. The lowest BCUT2D eigenvalue weighted by atomic mass is 9.95. The van der Waals surface area contributed by atoms with Gasteiger partial charge in [0.05, 0.1) is 10.7 Å². The summed E-state index contributed by atoms with van der Waals surface area (Å²) in [5.74, 6) is 0.470. The van der Waals surface area contributed by atoms with Crippen molar-refractivity contribution in [2.75, 3.05) is 0 Å². The van der Waals surface area contributed by atoms with Crippen molar-refractivity contribution < 1.29 is 4.79 Å². The van der Waals surface area contributed by atoms with Crippen molar-refractivity contribution >= 4 is 40.7 Å². The lowest BCUT2D eigenvalue weighted by Gasteiger charge is -2.22. The molecule has 1 aliphatic rings. The molecule has 1 fully saturated rings. The maximum atomic E-state index is 13.3. The van der Waals surface area contributed by atoms with Crippen LogP contribution < -0.4 is 5.32 Å². The number of hydrogen-bond acceptors (Lipinski definition) is 2. The summed E-state index contributed by atoms with van der Waals surface area (Å²) in [5, 5.41) is 4.86. The first-order valence-corrected chi connectivity index (χ1v) is 11.7. The van der Waals surface area contributed by atoms with Gasteiger partial charge in [-0.05, 0) is 61.7 Å². The van der Waals surface area contributed by atoms with Crippen LogP contribution in [0.2, 0.25) is 15.1 Å². The van der Waals surface area contributed by atoms with Gasteiger partial charge in [0.15, 0.2) is 0 Å². The van der Waals surface area contributed by atoms with Crippen LogP contribution in [0.4, 0.5) is 0 Å². The summed E-state index contributed by atoms with van der Waals surface area (Å²) in [6, 6.07) is 13.0. The second kappa shape index (κ2) is 9.64. The molecule has 1 N–H and O–H groups in total. The Kier molecular flexibility index (Phi) is 6.90. The van der Waals surface area contributed by atoms with Gasteiger partial charge in [-0.15, -0.1) is 0 Å². The molecule has 1 aromatic heterocycles. The molecule has 7 heteroatoms. The summed E-state index contributed by atoms with van der Waals surface area (Å²) in [7, 11) is 0. The van der Waals surface area contributed by atoms with E-state index in [1.807, 2.05) is 41.8 Å². The van der Waals surface area contributed by atoms with E-state index in [1.165, 1.54) is 6.42 Å². The number of hydrogen-bond donors (Lipinski definition) is 1. The fraction of sp³-hybridized carbons (Fsp3) is 0.333. The molecule has 1 saturated carbocycles. The van der Waals surface area contributed by atoms with Gasteiger partial charge in [0.2, 0.25) is 0 Å². The average Bonchev–Trinajstić information content (AvgIpc) is 3.14. The molecule has 2 aromatic carbocycles. The lowest BCUT2D eigenvalue weighted by molar-refractivity contribution is 0.0922. The SMILES string of the molecule is CCc1c(C(=O)NC2CCCCC2)nc(-c2ccc(Cl)cc2Cl)n1-c1ccc(Cl)cc1. The molecule has 0 saturated heterocycles. The van der Waals surface area contributed by atoms with Gasteiger partial charge in [-0.1, -0.05) is 61.0 Å². The molecular weight excluding hydrogens is 453 g/mol. The van der Waals surface area contributed by atoms with E-state index in [1.54, 1.807) is 12.1 Å². The molecule has 1 heterocycles. The summed E-state index contributed by atoms with van der Waals surface area (Å²) in [6.07, 6.45) is 6.19. The average molecular weight is 477 g/mol. The second-order valence-corrected chi connectivity index (χ2v) is 9.11. The lowest BCUT2D eigenvalue weighted by Crippen LogP contribution is -2.36. The van der Waals surface area contributed by atoms with Crippen LogP contribution in [0.5, 0.6) is 0 Å². The van der Waals surface area contributed by atoms with Crippen LogP contribution in [0.1, 0.15) is 55.2 Å². The molecule has 3 aromatic rings. The minimum Gasteiger partial charge on any atom is -0.348 e. The Morgan fingerprint density at radius 1 is 1.03 bits per heavy atom. The van der Waals surface area contributed by atoms with E-state index < -0.39 is 0 Å². The van der Waals surface area contributed by atoms with Crippen LogP contribution in [0.3, 0.4) is 0 Å². The molecule has 4 rings (SSSR count). The first kappa shape index (κ1) is 22.2. The fourth-order valence-corrected chi connectivity index (χ4v) is 4.80. The summed E-state index contributed by atoms with van der Waals surface area (Å²) < 4.78 is 1.99. The van der Waals surface area contributed by atoms with E-state index in [4.69, 9.17) is 39.8 Å². The highest BCUT2D eigenvalue weighted by molar-refractivity contribution is 6.36. The summed E-state index contributed by atoms with van der Waals surface area (Å²) in [4.78, 5) is 18.0. The Labute approximate surface area is 197 Å². The third-order valence-corrected chi connectivity index (χ3v) is 6.52. The van der Waals surface area contributed by atoms with Crippen molar-refractivity contribution in [1.82, 2.24) is 14.9 Å². The molecule has 0 bridgehead atoms. The van der Waals surface area contributed by atoms with E-state index in [-0.39, 0.29) is 11.9 Å². The summed E-state index contributed by atoms with van der Waals surface area (Å²) >= 11 is 18.8. The minimum atomic E-state index is -0.136. The van der Waals surface area contributed by atoms with Crippen molar-refractivity contribution in [3.05, 3.63) is 68.9 Å². The van der Waals surface area contributed by atoms with Crippen LogP contribution in [-0.2, 0) is 6.42 Å². The Balaban J connectivity index is 1.84. The van der Waals surface area contributed by atoms with Crippen LogP contribution >= 0.6 is 34.8 Å². The zero-order valence-corrected chi connectivity index (χ0v) is 19.6. The number of carbonyl (C=O) groups is 1. The second-order valence-electron chi connectivity index (χ2n) is 7.83. The van der Waals surface area contributed by atoms with Crippen LogP contribution in [0.15, 0.2) is 42.5 Å². The van der Waals surface area contributed by atoms with Crippen molar-refractivity contribution in [3.8, 4) is 17.1 Å². The molecule has 0 unspecified atom stereocenters. The quantitative estimate of drug-likeness (QED) is 0.426. The number of carbonyl (C=O) groups excluding carboxylic acids is 1. The molecular formula is C24H24Cl3N3O. The molecule has 31 heavy (non-hydrogen) atoms. The van der Waals surface area contributed by atoms with Crippen LogP contribution in [-0.4, -0.2) is 21.5 Å². The van der Waals surface area contributed by atoms with Gasteiger partial charge in [0.25, 0.3) is 5.91 Å². The van der Waals surface area contributed by atoms with Crippen molar-refractivity contribution in [2.24, 2.45) is 0 Å². The largest absolute Gasteiger partial charge is 0.348 e. The molecule has 0 aliphatic heterocycles. The van der Waals surface area contributed by atoms with Gasteiger partial charge in [0.1, 0.15) is 11.5 Å². The van der Waals surface area contributed by atoms with E-state index in [0.29, 0.717) is 38.6 Å². The number of imidazole rings is 1. The number of nitrogens with one attached hydrogen (secondary N) is 1. The highest BCUT2D eigenvalue weighted by Gasteiger charge is 2.26. The van der Waals surface area contributed by atoms with E-state index in [0.717, 1.165) is 37.1 Å². The van der Waals surface area contributed by atoms with Crippen molar-refractivity contribution in [3.63, 3.8) is 0 Å². The van der Waals surface area contributed by atoms with Gasteiger partial charge < -0.3 is 5.32 Å². The van der Waals surface area contributed by atoms with E-state index >= 15 is 0 Å². The van der Waals surface area contributed by atoms with Gasteiger partial charge >= 0.3 is 0 Å². The molecule has 1 amide bonds. The van der Waals surface area contributed by atoms with Gasteiger partial charge in [-0.3, -0.25) is 9.36 Å². The molecule has 0 radical (unpaired) electrons. The number of amides is 1. The van der Waals surface area contributed by atoms with Crippen molar-refractivity contribution in [2.45, 2.75) is 51.5 Å². The Morgan fingerprint density at radius 3 is 2.35 bits per heavy atom. The third-order valence-electron chi connectivity index (χ3n) is 5.72. The number of nitrogens with zero attached hydrogens (tertiary/aromatic N) is 2. The summed E-state index contributed by atoms with van der Waals surface area (Å²) in [6.45, 7) is 2.02. The Bertz CT molecular complexity index is 1090. The highest BCUT2D eigenvalue weighted by Crippen LogP contribution is 2.34. The number of benzene rings is 2. The van der Waals surface area contributed by atoms with Gasteiger partial charge in [0, 0.05) is 27.3 Å². The standard InChI is InChI=1S/C24H24Cl3N3O/c1-2-21-22(24(31)28-17-6-4-3-5-7-17)29-23(19-13-10-16(26)14-20(19)27)30(21)18-11-8-15(25)9-12-18/h8-14,17H,2-7H2,1H3,(H,28,31). The predicted molar refractivity (Wildman–Crippen MR) is 128 cm³/mol. The van der Waals surface area contributed by atoms with E-state index in [2.05, 4.69) is 5.32 Å². The molecule has 0 atom stereocenters. The number of rotatable bonds is 5. The third kappa shape index (κ3) is 4.77. The normalized spacial score (nSPS) is 14.6. The van der Waals surface area contributed by atoms with E-state index in [9.17, 15) is 4.79 Å². The van der Waals surface area contributed by atoms with Gasteiger partial charge in [-0.25, -0.2) is 4.98 Å². The maximum Gasteiger partial charge on any atom is 0.272 e. The zero-order chi connectivity index (χ0) is 22.0. The maximum absolute atomic E-state index is 13.3.